The van der Waals surface area contributed by atoms with Crippen molar-refractivity contribution in [1.29, 1.82) is 0 Å². The smallest absolute Gasteiger partial charge is 0.410 e. The minimum Gasteiger partial charge on any atom is -0.480 e. The first-order valence-electron chi connectivity index (χ1n) is 9.37. The lowest BCUT2D eigenvalue weighted by atomic mass is 9.85. The maximum absolute atomic E-state index is 13.2. The highest BCUT2D eigenvalue weighted by molar-refractivity contribution is 6.00. The van der Waals surface area contributed by atoms with Crippen molar-refractivity contribution < 1.29 is 29.0 Å². The van der Waals surface area contributed by atoms with E-state index in [1.54, 1.807) is 25.7 Å². The topological polar surface area (TPSA) is 107 Å². The van der Waals surface area contributed by atoms with E-state index in [1.807, 2.05) is 0 Å². The minimum absolute atomic E-state index is 0.237. The number of carbonyl (C=O) groups is 4. The van der Waals surface area contributed by atoms with Gasteiger partial charge >= 0.3 is 12.1 Å². The third kappa shape index (κ3) is 3.46. The Hall–Kier alpha value is -2.32. The average molecular weight is 381 g/mol. The second-order valence-corrected chi connectivity index (χ2v) is 8.51. The molecule has 3 fully saturated rings. The van der Waals surface area contributed by atoms with Crippen LogP contribution in [0.1, 0.15) is 46.5 Å². The first kappa shape index (κ1) is 19.4. The maximum atomic E-state index is 13.2. The molecule has 0 aromatic heterocycles. The van der Waals surface area contributed by atoms with Gasteiger partial charge in [0.2, 0.25) is 5.91 Å². The van der Waals surface area contributed by atoms with Gasteiger partial charge in [0.25, 0.3) is 5.91 Å². The number of carbonyl (C=O) groups excluding carboxylic acids is 3. The number of nitrogens with zero attached hydrogens (tertiary/aromatic N) is 3. The molecule has 1 spiro atoms. The van der Waals surface area contributed by atoms with Gasteiger partial charge in [0.1, 0.15) is 23.7 Å². The lowest BCUT2D eigenvalue weighted by Gasteiger charge is -2.51. The molecule has 150 valence electrons. The first-order chi connectivity index (χ1) is 12.5. The summed E-state index contributed by atoms with van der Waals surface area (Å²) in [5, 5.41) is 8.90. The Bertz CT molecular complexity index is 672. The van der Waals surface area contributed by atoms with Crippen molar-refractivity contribution >= 4 is 23.9 Å². The van der Waals surface area contributed by atoms with Crippen LogP contribution in [-0.4, -0.2) is 87.0 Å². The fourth-order valence-electron chi connectivity index (χ4n) is 4.28. The highest BCUT2D eigenvalue weighted by Crippen LogP contribution is 2.40. The summed E-state index contributed by atoms with van der Waals surface area (Å²) in [7, 11) is 0. The highest BCUT2D eigenvalue weighted by Gasteiger charge is 2.61. The van der Waals surface area contributed by atoms with Gasteiger partial charge in [-0.25, -0.2) is 4.79 Å². The van der Waals surface area contributed by atoms with Crippen LogP contribution < -0.4 is 0 Å². The molecule has 9 nitrogen and oxygen atoms in total. The number of likely N-dealkylation sites (tertiary alicyclic amines) is 3. The molecule has 3 heterocycles. The van der Waals surface area contributed by atoms with Crippen LogP contribution in [0.25, 0.3) is 0 Å². The summed E-state index contributed by atoms with van der Waals surface area (Å²) in [5.74, 6) is -1.61. The second-order valence-electron chi connectivity index (χ2n) is 8.51. The molecule has 2 atom stereocenters. The van der Waals surface area contributed by atoms with Gasteiger partial charge in [-0.15, -0.1) is 0 Å². The number of carboxylic acid groups (broad SMARTS) is 1. The molecule has 3 saturated heterocycles. The predicted octanol–water partition coefficient (Wildman–Crippen LogP) is 0.674. The Balaban J connectivity index is 1.72. The Kier molecular flexibility index (Phi) is 4.81. The number of hydrogen-bond acceptors (Lipinski definition) is 5. The molecule has 0 aromatic carbocycles. The lowest BCUT2D eigenvalue weighted by molar-refractivity contribution is -0.171. The Morgan fingerprint density at radius 3 is 2.52 bits per heavy atom. The Labute approximate surface area is 158 Å². The first-order valence-corrected chi connectivity index (χ1v) is 9.37. The van der Waals surface area contributed by atoms with E-state index in [2.05, 4.69) is 0 Å². The molecular weight excluding hydrogens is 354 g/mol. The SMILES string of the molecule is CC(C)(C)OC(=O)N1CCCC1C(=O)N1CCC[C@]12CN(CC(=O)O)C2=O. The number of carboxylic acids is 1. The molecule has 9 heteroatoms. The molecule has 3 aliphatic heterocycles. The van der Waals surface area contributed by atoms with Gasteiger partial charge in [0, 0.05) is 13.1 Å². The molecule has 3 aliphatic rings. The molecule has 1 N–H and O–H groups in total. The van der Waals surface area contributed by atoms with E-state index < -0.39 is 29.2 Å². The van der Waals surface area contributed by atoms with Crippen LogP contribution in [-0.2, 0) is 19.1 Å². The number of amides is 3. The van der Waals surface area contributed by atoms with Gasteiger partial charge in [-0.3, -0.25) is 19.3 Å². The van der Waals surface area contributed by atoms with Crippen LogP contribution in [0.5, 0.6) is 0 Å². The summed E-state index contributed by atoms with van der Waals surface area (Å²) in [6.45, 7) is 6.11. The van der Waals surface area contributed by atoms with Gasteiger partial charge in [0.05, 0.1) is 6.54 Å². The van der Waals surface area contributed by atoms with Crippen molar-refractivity contribution in [2.75, 3.05) is 26.2 Å². The van der Waals surface area contributed by atoms with E-state index in [1.165, 1.54) is 9.80 Å². The fourth-order valence-corrected chi connectivity index (χ4v) is 4.28. The molecule has 0 radical (unpaired) electrons. The molecule has 3 amide bonds. The summed E-state index contributed by atoms with van der Waals surface area (Å²) in [5.41, 5.74) is -1.59. The molecule has 1 unspecified atom stereocenters. The minimum atomic E-state index is -1.07. The number of aliphatic carboxylic acids is 1. The molecule has 3 rings (SSSR count). The maximum Gasteiger partial charge on any atom is 0.410 e. The summed E-state index contributed by atoms with van der Waals surface area (Å²) >= 11 is 0. The zero-order valence-corrected chi connectivity index (χ0v) is 16.1. The van der Waals surface area contributed by atoms with Crippen LogP contribution >= 0.6 is 0 Å². The molecule has 0 saturated carbocycles. The average Bonchev–Trinajstić information content (AvgIpc) is 3.20. The Morgan fingerprint density at radius 1 is 1.22 bits per heavy atom. The number of ether oxygens (including phenoxy) is 1. The van der Waals surface area contributed by atoms with Gasteiger partial charge in [0.15, 0.2) is 0 Å². The Morgan fingerprint density at radius 2 is 1.93 bits per heavy atom. The summed E-state index contributed by atoms with van der Waals surface area (Å²) in [6, 6.07) is -0.629. The van der Waals surface area contributed by atoms with Crippen molar-refractivity contribution in [2.45, 2.75) is 63.6 Å². The predicted molar refractivity (Wildman–Crippen MR) is 93.9 cm³/mol. The van der Waals surface area contributed by atoms with Gasteiger partial charge < -0.3 is 19.6 Å². The monoisotopic (exact) mass is 381 g/mol. The van der Waals surface area contributed by atoms with Crippen LogP contribution in [0.3, 0.4) is 0 Å². The molecule has 0 bridgehead atoms. The molecule has 0 aliphatic carbocycles. The summed E-state index contributed by atoms with van der Waals surface area (Å²) in [4.78, 5) is 53.4. The van der Waals surface area contributed by atoms with Gasteiger partial charge in [-0.1, -0.05) is 0 Å². The van der Waals surface area contributed by atoms with E-state index in [4.69, 9.17) is 9.84 Å². The van der Waals surface area contributed by atoms with Crippen LogP contribution in [0, 0.1) is 0 Å². The number of β-lactam (4-membered cyclic amide) rings is 1. The quantitative estimate of drug-likeness (QED) is 0.720. The number of hydrogen-bond donors (Lipinski definition) is 1. The largest absolute Gasteiger partial charge is 0.480 e. The zero-order chi connectivity index (χ0) is 20.0. The van der Waals surface area contributed by atoms with Gasteiger partial charge in [-0.2, -0.15) is 0 Å². The van der Waals surface area contributed by atoms with Crippen LogP contribution in [0.2, 0.25) is 0 Å². The third-order valence-corrected chi connectivity index (χ3v) is 5.38. The van der Waals surface area contributed by atoms with E-state index >= 15 is 0 Å². The van der Waals surface area contributed by atoms with Crippen LogP contribution in [0.4, 0.5) is 4.79 Å². The molecule has 0 aromatic rings. The number of rotatable bonds is 3. The zero-order valence-electron chi connectivity index (χ0n) is 16.1. The van der Waals surface area contributed by atoms with Crippen LogP contribution in [0.15, 0.2) is 0 Å². The fraction of sp³-hybridized carbons (Fsp3) is 0.778. The molecule has 27 heavy (non-hydrogen) atoms. The van der Waals surface area contributed by atoms with E-state index in [9.17, 15) is 19.2 Å². The third-order valence-electron chi connectivity index (χ3n) is 5.38. The van der Waals surface area contributed by atoms with Crippen molar-refractivity contribution in [3.8, 4) is 0 Å². The highest BCUT2D eigenvalue weighted by atomic mass is 16.6. The van der Waals surface area contributed by atoms with Crippen molar-refractivity contribution in [3.05, 3.63) is 0 Å². The van der Waals surface area contributed by atoms with Gasteiger partial charge in [-0.05, 0) is 46.5 Å². The summed E-state index contributed by atoms with van der Waals surface area (Å²) < 4.78 is 5.41. The molecular formula is C18H27N3O6. The van der Waals surface area contributed by atoms with Crippen molar-refractivity contribution in [3.63, 3.8) is 0 Å². The van der Waals surface area contributed by atoms with E-state index in [0.29, 0.717) is 38.8 Å². The lowest BCUT2D eigenvalue weighted by Crippen LogP contribution is -2.74. The van der Waals surface area contributed by atoms with Crippen molar-refractivity contribution in [2.24, 2.45) is 0 Å². The standard InChI is InChI=1S/C18H27N3O6/c1-17(2,3)27-16(26)20-8-4-6-12(20)14(24)21-9-5-7-18(21)11-19(15(18)25)10-13(22)23/h12H,4-11H2,1-3H3,(H,22,23)/t12?,18-/m1/s1. The van der Waals surface area contributed by atoms with E-state index in [-0.39, 0.29) is 24.9 Å². The second kappa shape index (κ2) is 6.69. The van der Waals surface area contributed by atoms with Crippen molar-refractivity contribution in [1.82, 2.24) is 14.7 Å². The normalized spacial score (nSPS) is 27.9. The summed E-state index contributed by atoms with van der Waals surface area (Å²) in [6.07, 6.45) is 1.96. The van der Waals surface area contributed by atoms with E-state index in [0.717, 1.165) is 0 Å².